The third-order valence-electron chi connectivity index (χ3n) is 4.62. The maximum atomic E-state index is 12.7. The summed E-state index contributed by atoms with van der Waals surface area (Å²) in [7, 11) is 0. The average molecular weight is 431 g/mol. The minimum atomic E-state index is 0.127. The van der Waals surface area contributed by atoms with Gasteiger partial charge in [-0.25, -0.2) is 4.98 Å². The lowest BCUT2D eigenvalue weighted by Gasteiger charge is -2.07. The minimum Gasteiger partial charge on any atom is -0.345 e. The highest BCUT2D eigenvalue weighted by Crippen LogP contribution is 2.38. The first kappa shape index (κ1) is 17.5. The summed E-state index contributed by atoms with van der Waals surface area (Å²) in [5.74, 6) is 1.16. The number of nitrogens with one attached hydrogen (secondary N) is 1. The molecule has 1 N–H and O–H groups in total. The SMILES string of the molecule is Cc1cc(C(=O)CSc2n[nH]c(-c3ccccc3Br)n2)c(C)n1C1CC1. The number of ketones is 1. The van der Waals surface area contributed by atoms with Crippen LogP contribution < -0.4 is 0 Å². The van der Waals surface area contributed by atoms with Crippen molar-refractivity contribution < 1.29 is 4.79 Å². The van der Waals surface area contributed by atoms with Gasteiger partial charge in [0.05, 0.1) is 5.75 Å². The van der Waals surface area contributed by atoms with Crippen LogP contribution in [-0.4, -0.2) is 31.3 Å². The molecule has 3 aromatic rings. The van der Waals surface area contributed by atoms with E-state index in [1.807, 2.05) is 37.3 Å². The van der Waals surface area contributed by atoms with Crippen LogP contribution in [0.25, 0.3) is 11.4 Å². The van der Waals surface area contributed by atoms with E-state index in [4.69, 9.17) is 0 Å². The average Bonchev–Trinajstić information content (AvgIpc) is 3.26. The van der Waals surface area contributed by atoms with Gasteiger partial charge in [0.25, 0.3) is 0 Å². The highest BCUT2D eigenvalue weighted by molar-refractivity contribution is 9.10. The van der Waals surface area contributed by atoms with Crippen molar-refractivity contribution in [2.45, 2.75) is 37.9 Å². The largest absolute Gasteiger partial charge is 0.345 e. The van der Waals surface area contributed by atoms with E-state index < -0.39 is 0 Å². The van der Waals surface area contributed by atoms with Gasteiger partial charge in [-0.2, -0.15) is 0 Å². The van der Waals surface area contributed by atoms with Gasteiger partial charge in [0.1, 0.15) is 0 Å². The molecule has 4 rings (SSSR count). The molecule has 134 valence electrons. The Balaban J connectivity index is 1.46. The number of benzene rings is 1. The zero-order valence-electron chi connectivity index (χ0n) is 14.6. The number of carbonyl (C=O) groups excluding carboxylic acids is 1. The van der Waals surface area contributed by atoms with Crippen molar-refractivity contribution in [1.29, 1.82) is 0 Å². The second-order valence-electron chi connectivity index (χ2n) is 6.54. The molecule has 0 aliphatic heterocycles. The molecule has 0 atom stereocenters. The topological polar surface area (TPSA) is 63.6 Å². The van der Waals surface area contributed by atoms with Gasteiger partial charge in [0, 0.05) is 33.0 Å². The smallest absolute Gasteiger partial charge is 0.209 e. The Bertz CT molecular complexity index is 974. The van der Waals surface area contributed by atoms with Crippen LogP contribution in [0.1, 0.15) is 40.6 Å². The van der Waals surface area contributed by atoms with Gasteiger partial charge in [-0.05, 0) is 38.8 Å². The van der Waals surface area contributed by atoms with Crippen molar-refractivity contribution in [3.63, 3.8) is 0 Å². The molecule has 1 fully saturated rings. The van der Waals surface area contributed by atoms with E-state index in [0.29, 0.717) is 22.8 Å². The third-order valence-corrected chi connectivity index (χ3v) is 6.16. The molecule has 5 nitrogen and oxygen atoms in total. The Labute approximate surface area is 164 Å². The Hall–Kier alpha value is -1.86. The first-order valence-electron chi connectivity index (χ1n) is 8.56. The molecular formula is C19H19BrN4OS. The van der Waals surface area contributed by atoms with Crippen molar-refractivity contribution in [3.05, 3.63) is 51.8 Å². The molecule has 1 aliphatic rings. The number of aryl methyl sites for hydroxylation is 1. The molecule has 0 radical (unpaired) electrons. The Morgan fingerprint density at radius 1 is 1.35 bits per heavy atom. The molecule has 0 unspecified atom stereocenters. The molecule has 2 aromatic heterocycles. The number of hydrogen-bond acceptors (Lipinski definition) is 4. The molecule has 0 saturated heterocycles. The fraction of sp³-hybridized carbons (Fsp3) is 0.316. The van der Waals surface area contributed by atoms with E-state index in [1.54, 1.807) is 0 Å². The monoisotopic (exact) mass is 430 g/mol. The Kier molecular flexibility index (Phi) is 4.75. The molecule has 0 bridgehead atoms. The van der Waals surface area contributed by atoms with Gasteiger partial charge in [0.2, 0.25) is 5.16 Å². The lowest BCUT2D eigenvalue weighted by Crippen LogP contribution is -2.06. The van der Waals surface area contributed by atoms with Gasteiger partial charge in [0.15, 0.2) is 11.6 Å². The lowest BCUT2D eigenvalue weighted by atomic mass is 10.2. The summed E-state index contributed by atoms with van der Waals surface area (Å²) in [5.41, 5.74) is 4.03. The summed E-state index contributed by atoms with van der Waals surface area (Å²) < 4.78 is 3.26. The fourth-order valence-corrected chi connectivity index (χ4v) is 4.40. The lowest BCUT2D eigenvalue weighted by molar-refractivity contribution is 0.102. The van der Waals surface area contributed by atoms with Crippen LogP contribution in [0.5, 0.6) is 0 Å². The predicted octanol–water partition coefficient (Wildman–Crippen LogP) is 4.96. The minimum absolute atomic E-state index is 0.127. The van der Waals surface area contributed by atoms with E-state index in [-0.39, 0.29) is 5.78 Å². The van der Waals surface area contributed by atoms with Gasteiger partial charge in [-0.15, -0.1) is 5.10 Å². The summed E-state index contributed by atoms with van der Waals surface area (Å²) in [6.07, 6.45) is 2.43. The number of H-pyrrole nitrogens is 1. The number of aromatic amines is 1. The van der Waals surface area contributed by atoms with Gasteiger partial charge in [-0.1, -0.05) is 45.9 Å². The number of carbonyl (C=O) groups is 1. The van der Waals surface area contributed by atoms with Crippen LogP contribution in [0, 0.1) is 13.8 Å². The molecule has 0 spiro atoms. The Morgan fingerprint density at radius 2 is 2.12 bits per heavy atom. The van der Waals surface area contributed by atoms with Crippen LogP contribution in [0.3, 0.4) is 0 Å². The molecule has 26 heavy (non-hydrogen) atoms. The summed E-state index contributed by atoms with van der Waals surface area (Å²) >= 11 is 4.88. The van der Waals surface area contributed by atoms with E-state index in [2.05, 4.69) is 42.6 Å². The predicted molar refractivity (Wildman–Crippen MR) is 107 cm³/mol. The third kappa shape index (κ3) is 3.38. The number of nitrogens with zero attached hydrogens (tertiary/aromatic N) is 3. The zero-order chi connectivity index (χ0) is 18.3. The van der Waals surface area contributed by atoms with Crippen LogP contribution in [0.2, 0.25) is 0 Å². The Morgan fingerprint density at radius 3 is 2.85 bits per heavy atom. The standard InChI is InChI=1S/C19H19BrN4OS/c1-11-9-15(12(2)24(11)13-7-8-13)17(25)10-26-19-21-18(22-23-19)14-5-3-4-6-16(14)20/h3-6,9,13H,7-8,10H2,1-2H3,(H,21,22,23). The fourth-order valence-electron chi connectivity index (χ4n) is 3.25. The number of aromatic nitrogens is 4. The number of Topliss-reactive ketones (excluding diaryl/α,β-unsaturated/α-hetero) is 1. The number of thioether (sulfide) groups is 1. The second kappa shape index (κ2) is 7.04. The first-order chi connectivity index (χ1) is 12.5. The maximum Gasteiger partial charge on any atom is 0.209 e. The van der Waals surface area contributed by atoms with Gasteiger partial charge in [-0.3, -0.25) is 9.89 Å². The quantitative estimate of drug-likeness (QED) is 0.443. The first-order valence-corrected chi connectivity index (χ1v) is 10.3. The summed E-state index contributed by atoms with van der Waals surface area (Å²) in [6.45, 7) is 4.12. The highest BCUT2D eigenvalue weighted by Gasteiger charge is 2.28. The maximum absolute atomic E-state index is 12.7. The number of hydrogen-bond donors (Lipinski definition) is 1. The molecule has 1 aliphatic carbocycles. The molecule has 2 heterocycles. The van der Waals surface area contributed by atoms with Crippen molar-refractivity contribution in [2.75, 3.05) is 5.75 Å². The van der Waals surface area contributed by atoms with E-state index in [0.717, 1.165) is 21.3 Å². The summed E-state index contributed by atoms with van der Waals surface area (Å²) in [4.78, 5) is 17.2. The summed E-state index contributed by atoms with van der Waals surface area (Å²) in [6, 6.07) is 10.4. The van der Waals surface area contributed by atoms with E-state index in [1.165, 1.54) is 30.3 Å². The van der Waals surface area contributed by atoms with Crippen LogP contribution in [0.4, 0.5) is 0 Å². The van der Waals surface area contributed by atoms with Crippen LogP contribution >= 0.6 is 27.7 Å². The highest BCUT2D eigenvalue weighted by atomic mass is 79.9. The molecule has 1 saturated carbocycles. The van der Waals surface area contributed by atoms with Crippen molar-refractivity contribution in [1.82, 2.24) is 19.7 Å². The molecule has 1 aromatic carbocycles. The van der Waals surface area contributed by atoms with Crippen molar-refractivity contribution in [2.24, 2.45) is 0 Å². The molecular weight excluding hydrogens is 412 g/mol. The number of rotatable bonds is 6. The summed E-state index contributed by atoms with van der Waals surface area (Å²) in [5, 5.41) is 7.76. The number of halogens is 1. The van der Waals surface area contributed by atoms with E-state index >= 15 is 0 Å². The van der Waals surface area contributed by atoms with Gasteiger partial charge < -0.3 is 4.57 Å². The molecule has 0 amide bonds. The normalized spacial score (nSPS) is 14.0. The van der Waals surface area contributed by atoms with Crippen molar-refractivity contribution in [3.8, 4) is 11.4 Å². The van der Waals surface area contributed by atoms with Crippen LogP contribution in [0.15, 0.2) is 40.0 Å². The van der Waals surface area contributed by atoms with Crippen molar-refractivity contribution >= 4 is 33.5 Å². The van der Waals surface area contributed by atoms with E-state index in [9.17, 15) is 4.79 Å². The van der Waals surface area contributed by atoms with Gasteiger partial charge >= 0.3 is 0 Å². The molecule has 7 heteroatoms. The zero-order valence-corrected chi connectivity index (χ0v) is 17.0. The second-order valence-corrected chi connectivity index (χ2v) is 8.34. The van der Waals surface area contributed by atoms with Crippen LogP contribution in [-0.2, 0) is 0 Å².